The first-order valence-electron chi connectivity index (χ1n) is 8.37. The van der Waals surface area contributed by atoms with Gasteiger partial charge in [-0.3, -0.25) is 4.57 Å². The largest absolute Gasteiger partial charge is 0.508 e. The van der Waals surface area contributed by atoms with Crippen LogP contribution < -0.4 is 5.73 Å². The quantitative estimate of drug-likeness (QED) is 0.559. The van der Waals surface area contributed by atoms with Crippen LogP contribution in [0.5, 0.6) is 17.5 Å². The van der Waals surface area contributed by atoms with Gasteiger partial charge < -0.3 is 21.1 Å². The second-order valence-electron chi connectivity index (χ2n) is 6.51. The first kappa shape index (κ1) is 17.8. The summed E-state index contributed by atoms with van der Waals surface area (Å²) >= 11 is 0. The molecule has 0 saturated heterocycles. The van der Waals surface area contributed by atoms with Crippen LogP contribution in [0, 0.1) is 0 Å². The molecular weight excluding hydrogens is 332 g/mol. The zero-order valence-electron chi connectivity index (χ0n) is 14.7. The smallest absolute Gasteiger partial charge is 0.315 e. The molecule has 0 spiro atoms. The summed E-state index contributed by atoms with van der Waals surface area (Å²) < 4.78 is 1.51. The van der Waals surface area contributed by atoms with Crippen molar-refractivity contribution in [3.05, 3.63) is 53.1 Å². The SMILES string of the molecule is CC(C)c1cc(-c2nnc(O)n2Cc2ccc(CN)cc2)c(O)cc1O. The average Bonchev–Trinajstić information content (AvgIpc) is 2.96. The molecule has 136 valence electrons. The molecule has 1 aromatic heterocycles. The molecule has 0 unspecified atom stereocenters. The van der Waals surface area contributed by atoms with Crippen molar-refractivity contribution >= 4 is 0 Å². The van der Waals surface area contributed by atoms with Gasteiger partial charge in [-0.25, -0.2) is 0 Å². The Hall–Kier alpha value is -3.06. The van der Waals surface area contributed by atoms with E-state index in [4.69, 9.17) is 5.73 Å². The van der Waals surface area contributed by atoms with Crippen LogP contribution in [0.15, 0.2) is 36.4 Å². The van der Waals surface area contributed by atoms with E-state index in [2.05, 4.69) is 10.2 Å². The lowest BCUT2D eigenvalue weighted by atomic mass is 9.98. The molecule has 0 radical (unpaired) electrons. The molecule has 3 rings (SSSR count). The monoisotopic (exact) mass is 354 g/mol. The predicted octanol–water partition coefficient (Wildman–Crippen LogP) is 2.69. The third kappa shape index (κ3) is 3.34. The average molecular weight is 354 g/mol. The minimum absolute atomic E-state index is 0.0221. The summed E-state index contributed by atoms with van der Waals surface area (Å²) in [6.45, 7) is 4.67. The van der Waals surface area contributed by atoms with Gasteiger partial charge in [-0.1, -0.05) is 43.2 Å². The molecule has 0 aliphatic rings. The molecule has 0 amide bonds. The summed E-state index contributed by atoms with van der Waals surface area (Å²) in [6.07, 6.45) is 0. The maximum atomic E-state index is 10.3. The van der Waals surface area contributed by atoms with E-state index in [9.17, 15) is 15.3 Å². The number of aromatic hydroxyl groups is 3. The minimum Gasteiger partial charge on any atom is -0.508 e. The number of aromatic nitrogens is 3. The first-order valence-corrected chi connectivity index (χ1v) is 8.37. The van der Waals surface area contributed by atoms with Gasteiger partial charge in [0.2, 0.25) is 0 Å². The summed E-state index contributed by atoms with van der Waals surface area (Å²) in [7, 11) is 0. The number of phenolic OH excluding ortho intramolecular Hbond substituents is 2. The van der Waals surface area contributed by atoms with Crippen LogP contribution in [0.3, 0.4) is 0 Å². The number of hydrogen-bond acceptors (Lipinski definition) is 6. The summed E-state index contributed by atoms with van der Waals surface area (Å²) in [5, 5.41) is 38.2. The molecule has 0 fully saturated rings. The number of nitrogens with zero attached hydrogens (tertiary/aromatic N) is 3. The second-order valence-corrected chi connectivity index (χ2v) is 6.51. The Kier molecular flexibility index (Phi) is 4.81. The van der Waals surface area contributed by atoms with Crippen LogP contribution in [-0.2, 0) is 13.1 Å². The molecule has 2 aromatic carbocycles. The van der Waals surface area contributed by atoms with Crippen molar-refractivity contribution in [1.29, 1.82) is 0 Å². The van der Waals surface area contributed by atoms with Gasteiger partial charge in [-0.2, -0.15) is 0 Å². The topological polar surface area (TPSA) is 117 Å². The Morgan fingerprint density at radius 2 is 1.62 bits per heavy atom. The van der Waals surface area contributed by atoms with Crippen molar-refractivity contribution in [2.24, 2.45) is 5.73 Å². The van der Waals surface area contributed by atoms with Crippen LogP contribution in [0.1, 0.15) is 36.5 Å². The third-order valence-electron chi connectivity index (χ3n) is 4.34. The standard InChI is InChI=1S/C19H22N4O3/c1-11(2)14-7-15(17(25)8-16(14)24)18-21-22-19(26)23(18)10-13-5-3-12(9-20)4-6-13/h3-8,11,24-25H,9-10,20H2,1-2H3,(H,22,26). The fourth-order valence-corrected chi connectivity index (χ4v) is 2.84. The highest BCUT2D eigenvalue weighted by molar-refractivity contribution is 5.68. The lowest BCUT2D eigenvalue weighted by Gasteiger charge is -2.13. The summed E-state index contributed by atoms with van der Waals surface area (Å²) in [5.41, 5.74) is 8.64. The molecule has 0 aliphatic carbocycles. The van der Waals surface area contributed by atoms with Gasteiger partial charge in [0, 0.05) is 12.6 Å². The van der Waals surface area contributed by atoms with Crippen LogP contribution in [0.2, 0.25) is 0 Å². The zero-order valence-corrected chi connectivity index (χ0v) is 14.7. The highest BCUT2D eigenvalue weighted by Crippen LogP contribution is 2.38. The van der Waals surface area contributed by atoms with Crippen molar-refractivity contribution in [1.82, 2.24) is 14.8 Å². The number of benzene rings is 2. The second kappa shape index (κ2) is 7.05. The molecule has 26 heavy (non-hydrogen) atoms. The molecule has 7 nitrogen and oxygen atoms in total. The van der Waals surface area contributed by atoms with Crippen LogP contribution in [0.4, 0.5) is 0 Å². The molecule has 5 N–H and O–H groups in total. The minimum atomic E-state index is -0.249. The van der Waals surface area contributed by atoms with E-state index in [1.165, 1.54) is 10.6 Å². The molecule has 0 saturated carbocycles. The van der Waals surface area contributed by atoms with Crippen molar-refractivity contribution in [2.45, 2.75) is 32.9 Å². The summed E-state index contributed by atoms with van der Waals surface area (Å²) in [5.74, 6) is 0.279. The normalized spacial score (nSPS) is 11.2. The summed E-state index contributed by atoms with van der Waals surface area (Å²) in [6, 6.07) is 10.4. The van der Waals surface area contributed by atoms with E-state index in [-0.39, 0.29) is 23.4 Å². The van der Waals surface area contributed by atoms with Crippen molar-refractivity contribution in [3.63, 3.8) is 0 Å². The molecule has 0 atom stereocenters. The van der Waals surface area contributed by atoms with Crippen LogP contribution >= 0.6 is 0 Å². The van der Waals surface area contributed by atoms with E-state index in [0.717, 1.165) is 11.1 Å². The van der Waals surface area contributed by atoms with Gasteiger partial charge in [-0.05, 0) is 28.7 Å². The van der Waals surface area contributed by atoms with E-state index < -0.39 is 0 Å². The maximum absolute atomic E-state index is 10.3. The van der Waals surface area contributed by atoms with Crippen molar-refractivity contribution < 1.29 is 15.3 Å². The lowest BCUT2D eigenvalue weighted by molar-refractivity contribution is 0.404. The molecule has 0 aliphatic heterocycles. The van der Waals surface area contributed by atoms with E-state index >= 15 is 0 Å². The van der Waals surface area contributed by atoms with Gasteiger partial charge >= 0.3 is 6.01 Å². The Labute approximate surface area is 151 Å². The van der Waals surface area contributed by atoms with Gasteiger partial charge in [0.25, 0.3) is 0 Å². The van der Waals surface area contributed by atoms with Crippen LogP contribution in [0.25, 0.3) is 11.4 Å². The summed E-state index contributed by atoms with van der Waals surface area (Å²) in [4.78, 5) is 0. The van der Waals surface area contributed by atoms with Crippen molar-refractivity contribution in [3.8, 4) is 28.9 Å². The fourth-order valence-electron chi connectivity index (χ4n) is 2.84. The Morgan fingerprint density at radius 1 is 0.962 bits per heavy atom. The molecular formula is C19H22N4O3. The molecule has 0 bridgehead atoms. The predicted molar refractivity (Wildman–Crippen MR) is 98.0 cm³/mol. The fraction of sp³-hybridized carbons (Fsp3) is 0.263. The van der Waals surface area contributed by atoms with Gasteiger partial charge in [0.1, 0.15) is 11.5 Å². The van der Waals surface area contributed by atoms with E-state index in [1.54, 1.807) is 6.07 Å². The van der Waals surface area contributed by atoms with Crippen molar-refractivity contribution in [2.75, 3.05) is 0 Å². The van der Waals surface area contributed by atoms with Gasteiger partial charge in [0.05, 0.1) is 12.1 Å². The Balaban J connectivity index is 2.03. The maximum Gasteiger partial charge on any atom is 0.315 e. The van der Waals surface area contributed by atoms with Crippen LogP contribution in [-0.4, -0.2) is 30.1 Å². The highest BCUT2D eigenvalue weighted by atomic mass is 16.3. The van der Waals surface area contributed by atoms with Gasteiger partial charge in [0.15, 0.2) is 5.82 Å². The Morgan fingerprint density at radius 3 is 2.23 bits per heavy atom. The number of hydrogen-bond donors (Lipinski definition) is 4. The number of rotatable bonds is 5. The van der Waals surface area contributed by atoms with E-state index in [0.29, 0.717) is 30.0 Å². The number of nitrogens with two attached hydrogens (primary N) is 1. The Bertz CT molecular complexity index is 917. The third-order valence-corrected chi connectivity index (χ3v) is 4.34. The lowest BCUT2D eigenvalue weighted by Crippen LogP contribution is -2.03. The molecule has 1 heterocycles. The highest BCUT2D eigenvalue weighted by Gasteiger charge is 2.20. The first-order chi connectivity index (χ1) is 12.4. The zero-order chi connectivity index (χ0) is 18.8. The van der Waals surface area contributed by atoms with Gasteiger partial charge in [-0.15, -0.1) is 5.10 Å². The molecule has 3 aromatic rings. The van der Waals surface area contributed by atoms with E-state index in [1.807, 2.05) is 38.1 Å². The molecule has 7 heteroatoms. The number of phenols is 2.